The number of fused-ring (bicyclic) bond motifs is 1. The number of rotatable bonds is 4. The lowest BCUT2D eigenvalue weighted by Gasteiger charge is -2.28. The maximum atomic E-state index is 5.32. The lowest BCUT2D eigenvalue weighted by atomic mass is 10.1. The second kappa shape index (κ2) is 4.70. The van der Waals surface area contributed by atoms with Crippen LogP contribution in [0.15, 0.2) is 28.8 Å². The van der Waals surface area contributed by atoms with Crippen molar-refractivity contribution in [2.24, 2.45) is 0 Å². The van der Waals surface area contributed by atoms with Crippen LogP contribution in [-0.4, -0.2) is 21.1 Å². The number of aromatic nitrogens is 2. The van der Waals surface area contributed by atoms with E-state index in [0.29, 0.717) is 12.1 Å². The molecular formula is C16H19N3O. The van der Waals surface area contributed by atoms with Crippen molar-refractivity contribution in [3.8, 4) is 0 Å². The van der Waals surface area contributed by atoms with E-state index < -0.39 is 0 Å². The van der Waals surface area contributed by atoms with Crippen LogP contribution in [0.2, 0.25) is 0 Å². The predicted octanol–water partition coefficient (Wildman–Crippen LogP) is 3.03. The van der Waals surface area contributed by atoms with Gasteiger partial charge < -0.3 is 4.52 Å². The summed E-state index contributed by atoms with van der Waals surface area (Å²) in [6.45, 7) is 2.66. The first-order valence-electron chi connectivity index (χ1n) is 7.44. The van der Waals surface area contributed by atoms with Crippen LogP contribution in [0, 0.1) is 6.92 Å². The van der Waals surface area contributed by atoms with E-state index in [0.717, 1.165) is 18.3 Å². The summed E-state index contributed by atoms with van der Waals surface area (Å²) in [5.41, 5.74) is 3.00. The Bertz CT molecular complexity index is 618. The molecule has 0 unspecified atom stereocenters. The summed E-state index contributed by atoms with van der Waals surface area (Å²) in [6.07, 6.45) is 4.99. The van der Waals surface area contributed by atoms with Gasteiger partial charge in [0.2, 0.25) is 5.89 Å². The summed E-state index contributed by atoms with van der Waals surface area (Å²) < 4.78 is 5.32. The highest BCUT2D eigenvalue weighted by Crippen LogP contribution is 2.42. The van der Waals surface area contributed by atoms with E-state index in [9.17, 15) is 0 Å². The Balaban J connectivity index is 1.61. The largest absolute Gasteiger partial charge is 0.338 e. The standard InChI is InChI=1S/C16H19N3O/c1-11-17-16(20-18-11)10-19(13-7-8-13)15-9-6-12-4-2-3-5-14(12)15/h2-5,13,15H,6-10H2,1H3/t15-/m0/s1. The van der Waals surface area contributed by atoms with Crippen molar-refractivity contribution in [1.82, 2.24) is 15.0 Å². The highest BCUT2D eigenvalue weighted by molar-refractivity contribution is 5.34. The van der Waals surface area contributed by atoms with Gasteiger partial charge in [0, 0.05) is 12.1 Å². The zero-order valence-corrected chi connectivity index (χ0v) is 11.7. The fourth-order valence-electron chi connectivity index (χ4n) is 3.34. The van der Waals surface area contributed by atoms with Gasteiger partial charge in [-0.1, -0.05) is 29.4 Å². The van der Waals surface area contributed by atoms with Crippen LogP contribution < -0.4 is 0 Å². The normalized spacial score (nSPS) is 21.4. The van der Waals surface area contributed by atoms with E-state index in [1.165, 1.54) is 36.8 Å². The van der Waals surface area contributed by atoms with Crippen LogP contribution >= 0.6 is 0 Å². The zero-order valence-electron chi connectivity index (χ0n) is 11.7. The van der Waals surface area contributed by atoms with Crippen LogP contribution in [0.1, 0.15) is 48.1 Å². The van der Waals surface area contributed by atoms with E-state index >= 15 is 0 Å². The van der Waals surface area contributed by atoms with Gasteiger partial charge in [-0.2, -0.15) is 4.98 Å². The molecule has 1 fully saturated rings. The van der Waals surface area contributed by atoms with Crippen molar-refractivity contribution in [3.63, 3.8) is 0 Å². The molecule has 0 N–H and O–H groups in total. The fraction of sp³-hybridized carbons (Fsp3) is 0.500. The van der Waals surface area contributed by atoms with Gasteiger partial charge in [0.15, 0.2) is 5.82 Å². The Labute approximate surface area is 118 Å². The van der Waals surface area contributed by atoms with Crippen molar-refractivity contribution in [1.29, 1.82) is 0 Å². The van der Waals surface area contributed by atoms with Crippen molar-refractivity contribution >= 4 is 0 Å². The fourth-order valence-corrected chi connectivity index (χ4v) is 3.34. The molecule has 0 amide bonds. The zero-order chi connectivity index (χ0) is 13.5. The van der Waals surface area contributed by atoms with Crippen LogP contribution in [0.4, 0.5) is 0 Å². The summed E-state index contributed by atoms with van der Waals surface area (Å²) in [5, 5.41) is 3.91. The molecule has 20 heavy (non-hydrogen) atoms. The maximum Gasteiger partial charge on any atom is 0.240 e. The maximum absolute atomic E-state index is 5.32. The number of nitrogens with zero attached hydrogens (tertiary/aromatic N) is 3. The van der Waals surface area contributed by atoms with E-state index in [1.54, 1.807) is 0 Å². The summed E-state index contributed by atoms with van der Waals surface area (Å²) in [4.78, 5) is 6.94. The summed E-state index contributed by atoms with van der Waals surface area (Å²) in [5.74, 6) is 1.47. The second-order valence-corrected chi connectivity index (χ2v) is 5.89. The lowest BCUT2D eigenvalue weighted by Crippen LogP contribution is -2.29. The van der Waals surface area contributed by atoms with Gasteiger partial charge in [0.25, 0.3) is 0 Å². The average molecular weight is 269 g/mol. The van der Waals surface area contributed by atoms with Gasteiger partial charge in [-0.15, -0.1) is 0 Å². The molecule has 1 atom stereocenters. The average Bonchev–Trinajstić information content (AvgIpc) is 3.09. The van der Waals surface area contributed by atoms with Gasteiger partial charge in [0.1, 0.15) is 0 Å². The summed E-state index contributed by atoms with van der Waals surface area (Å²) in [6, 6.07) is 10.0. The van der Waals surface area contributed by atoms with E-state index in [-0.39, 0.29) is 0 Å². The molecule has 0 spiro atoms. The molecule has 2 aromatic rings. The first-order chi connectivity index (χ1) is 9.81. The molecule has 4 nitrogen and oxygen atoms in total. The second-order valence-electron chi connectivity index (χ2n) is 5.89. The molecule has 2 aliphatic carbocycles. The van der Waals surface area contributed by atoms with E-state index in [4.69, 9.17) is 4.52 Å². The Morgan fingerprint density at radius 1 is 1.25 bits per heavy atom. The van der Waals surface area contributed by atoms with E-state index in [2.05, 4.69) is 39.3 Å². The third-order valence-corrected chi connectivity index (χ3v) is 4.40. The van der Waals surface area contributed by atoms with Crippen molar-refractivity contribution in [2.75, 3.05) is 0 Å². The Morgan fingerprint density at radius 2 is 2.10 bits per heavy atom. The van der Waals surface area contributed by atoms with Crippen molar-refractivity contribution < 1.29 is 4.52 Å². The van der Waals surface area contributed by atoms with Gasteiger partial charge in [-0.25, -0.2) is 0 Å². The van der Waals surface area contributed by atoms with Gasteiger partial charge in [-0.05, 0) is 43.7 Å². The molecule has 4 rings (SSSR count). The monoisotopic (exact) mass is 269 g/mol. The lowest BCUT2D eigenvalue weighted by molar-refractivity contribution is 0.154. The third kappa shape index (κ3) is 2.14. The number of hydrogen-bond acceptors (Lipinski definition) is 4. The molecule has 4 heteroatoms. The van der Waals surface area contributed by atoms with Gasteiger partial charge in [0.05, 0.1) is 6.54 Å². The van der Waals surface area contributed by atoms with Gasteiger partial charge in [-0.3, -0.25) is 4.90 Å². The Kier molecular flexibility index (Phi) is 2.84. The van der Waals surface area contributed by atoms with Crippen molar-refractivity contribution in [3.05, 3.63) is 47.1 Å². The molecular weight excluding hydrogens is 250 g/mol. The third-order valence-electron chi connectivity index (χ3n) is 4.40. The predicted molar refractivity (Wildman–Crippen MR) is 75.1 cm³/mol. The molecule has 1 aromatic carbocycles. The highest BCUT2D eigenvalue weighted by Gasteiger charge is 2.38. The number of hydrogen-bond donors (Lipinski definition) is 0. The number of benzene rings is 1. The van der Waals surface area contributed by atoms with Crippen LogP contribution in [0.25, 0.3) is 0 Å². The first kappa shape index (κ1) is 12.1. The molecule has 2 aliphatic rings. The topological polar surface area (TPSA) is 42.2 Å². The molecule has 1 aromatic heterocycles. The molecule has 0 bridgehead atoms. The quantitative estimate of drug-likeness (QED) is 0.855. The van der Waals surface area contributed by atoms with Gasteiger partial charge >= 0.3 is 0 Å². The molecule has 0 aliphatic heterocycles. The van der Waals surface area contributed by atoms with Crippen LogP contribution in [0.5, 0.6) is 0 Å². The SMILES string of the molecule is Cc1noc(CN(C2CC2)[C@H]2CCc3ccccc32)n1. The van der Waals surface area contributed by atoms with Crippen LogP contribution in [-0.2, 0) is 13.0 Å². The molecule has 0 saturated heterocycles. The number of aryl methyl sites for hydroxylation is 2. The minimum absolute atomic E-state index is 0.519. The summed E-state index contributed by atoms with van der Waals surface area (Å²) in [7, 11) is 0. The molecule has 1 heterocycles. The van der Waals surface area contributed by atoms with Crippen molar-refractivity contribution in [2.45, 2.75) is 51.2 Å². The minimum Gasteiger partial charge on any atom is -0.338 e. The highest BCUT2D eigenvalue weighted by atomic mass is 16.5. The van der Waals surface area contributed by atoms with Crippen LogP contribution in [0.3, 0.4) is 0 Å². The summed E-state index contributed by atoms with van der Waals surface area (Å²) >= 11 is 0. The smallest absolute Gasteiger partial charge is 0.240 e. The Hall–Kier alpha value is -1.68. The van der Waals surface area contributed by atoms with E-state index in [1.807, 2.05) is 6.92 Å². The molecule has 1 saturated carbocycles. The molecule has 0 radical (unpaired) electrons. The molecule has 104 valence electrons. The minimum atomic E-state index is 0.519. The first-order valence-corrected chi connectivity index (χ1v) is 7.44. The Morgan fingerprint density at radius 3 is 2.85 bits per heavy atom.